The number of nitrogens with zero attached hydrogens (tertiary/aromatic N) is 6. The van der Waals surface area contributed by atoms with Gasteiger partial charge in [-0.05, 0) is 31.0 Å². The number of aryl methyl sites for hydroxylation is 1. The predicted octanol–water partition coefficient (Wildman–Crippen LogP) is 1.99. The Labute approximate surface area is 144 Å². The van der Waals surface area contributed by atoms with Gasteiger partial charge in [0.25, 0.3) is 5.91 Å². The zero-order valence-corrected chi connectivity index (χ0v) is 14.0. The molecule has 1 amide bonds. The lowest BCUT2D eigenvalue weighted by molar-refractivity contribution is 0.0986. The Morgan fingerprint density at radius 2 is 1.96 bits per heavy atom. The van der Waals surface area contributed by atoms with Gasteiger partial charge in [0, 0.05) is 32.4 Å². The number of fused-ring (bicyclic) bond motifs is 2. The van der Waals surface area contributed by atoms with E-state index in [1.54, 1.807) is 24.0 Å². The highest BCUT2D eigenvalue weighted by Gasteiger charge is 2.35. The molecule has 2 aliphatic rings. The van der Waals surface area contributed by atoms with Gasteiger partial charge in [0.05, 0.1) is 16.9 Å². The van der Waals surface area contributed by atoms with Crippen molar-refractivity contribution in [1.29, 1.82) is 0 Å². The van der Waals surface area contributed by atoms with Gasteiger partial charge < -0.3 is 9.80 Å². The molecule has 0 unspecified atom stereocenters. The molecular formula is C18H18N6O. The second kappa shape index (κ2) is 5.27. The van der Waals surface area contributed by atoms with Crippen LogP contribution in [0.3, 0.4) is 0 Å². The third-order valence-corrected chi connectivity index (χ3v) is 4.97. The van der Waals surface area contributed by atoms with Crippen molar-refractivity contribution >= 4 is 28.4 Å². The molecule has 1 fully saturated rings. The van der Waals surface area contributed by atoms with Crippen LogP contribution >= 0.6 is 0 Å². The van der Waals surface area contributed by atoms with E-state index < -0.39 is 0 Å². The SMILES string of the molecule is Cn1nnc2cc(C(=O)N3CCN(C4CC4)c4ccccc43)cnc21. The number of anilines is 2. The van der Waals surface area contributed by atoms with Crippen LogP contribution in [0, 0.1) is 0 Å². The zero-order valence-electron chi connectivity index (χ0n) is 14.0. The molecule has 3 aromatic rings. The Morgan fingerprint density at radius 3 is 2.76 bits per heavy atom. The van der Waals surface area contributed by atoms with E-state index in [0.717, 1.165) is 17.9 Å². The molecule has 25 heavy (non-hydrogen) atoms. The van der Waals surface area contributed by atoms with Gasteiger partial charge >= 0.3 is 0 Å². The minimum absolute atomic E-state index is 0.0389. The number of aromatic nitrogens is 4. The maximum atomic E-state index is 13.1. The number of hydrogen-bond donors (Lipinski definition) is 0. The highest BCUT2D eigenvalue weighted by Crippen LogP contribution is 2.40. The van der Waals surface area contributed by atoms with Gasteiger partial charge in [0.2, 0.25) is 0 Å². The Balaban J connectivity index is 1.53. The Hall–Kier alpha value is -2.96. The number of carbonyl (C=O) groups is 1. The molecule has 3 heterocycles. The van der Waals surface area contributed by atoms with E-state index in [1.165, 1.54) is 12.8 Å². The van der Waals surface area contributed by atoms with Crippen LogP contribution in [0.4, 0.5) is 11.4 Å². The second-order valence-corrected chi connectivity index (χ2v) is 6.65. The first-order chi connectivity index (χ1) is 12.2. The summed E-state index contributed by atoms with van der Waals surface area (Å²) in [6.07, 6.45) is 4.11. The van der Waals surface area contributed by atoms with Crippen molar-refractivity contribution in [1.82, 2.24) is 20.0 Å². The topological polar surface area (TPSA) is 67.2 Å². The van der Waals surface area contributed by atoms with Crippen molar-refractivity contribution in [2.75, 3.05) is 22.9 Å². The number of para-hydroxylation sites is 2. The van der Waals surface area contributed by atoms with E-state index in [0.29, 0.717) is 29.3 Å². The summed E-state index contributed by atoms with van der Waals surface area (Å²) in [6.45, 7) is 1.55. The van der Waals surface area contributed by atoms with E-state index in [1.807, 2.05) is 23.1 Å². The average molecular weight is 334 g/mol. The monoisotopic (exact) mass is 334 g/mol. The number of carbonyl (C=O) groups excluding carboxylic acids is 1. The summed E-state index contributed by atoms with van der Waals surface area (Å²) in [5, 5.41) is 8.02. The van der Waals surface area contributed by atoms with Crippen molar-refractivity contribution in [2.24, 2.45) is 7.05 Å². The van der Waals surface area contributed by atoms with Crippen molar-refractivity contribution in [3.63, 3.8) is 0 Å². The summed E-state index contributed by atoms with van der Waals surface area (Å²) < 4.78 is 1.60. The smallest absolute Gasteiger partial charge is 0.260 e. The lowest BCUT2D eigenvalue weighted by Gasteiger charge is -2.38. The van der Waals surface area contributed by atoms with Crippen molar-refractivity contribution in [3.8, 4) is 0 Å². The fourth-order valence-electron chi connectivity index (χ4n) is 3.56. The van der Waals surface area contributed by atoms with E-state index in [9.17, 15) is 4.79 Å². The van der Waals surface area contributed by atoms with Crippen molar-refractivity contribution < 1.29 is 4.79 Å². The average Bonchev–Trinajstić information content (AvgIpc) is 3.43. The van der Waals surface area contributed by atoms with Gasteiger partial charge in [-0.25, -0.2) is 9.67 Å². The molecule has 1 aromatic carbocycles. The second-order valence-electron chi connectivity index (χ2n) is 6.65. The maximum Gasteiger partial charge on any atom is 0.260 e. The van der Waals surface area contributed by atoms with Crippen LogP contribution in [0.2, 0.25) is 0 Å². The van der Waals surface area contributed by atoms with Crippen molar-refractivity contribution in [3.05, 3.63) is 42.1 Å². The molecule has 0 saturated heterocycles. The van der Waals surface area contributed by atoms with E-state index >= 15 is 0 Å². The van der Waals surface area contributed by atoms with E-state index in [2.05, 4.69) is 26.3 Å². The molecule has 1 saturated carbocycles. The Kier molecular flexibility index (Phi) is 3.03. The number of benzene rings is 1. The molecule has 1 aliphatic heterocycles. The number of pyridine rings is 1. The van der Waals surface area contributed by atoms with E-state index in [-0.39, 0.29) is 5.91 Å². The van der Waals surface area contributed by atoms with Crippen LogP contribution in [0.1, 0.15) is 23.2 Å². The van der Waals surface area contributed by atoms with E-state index in [4.69, 9.17) is 0 Å². The molecule has 1 aliphatic carbocycles. The minimum Gasteiger partial charge on any atom is -0.365 e. The number of rotatable bonds is 2. The molecule has 0 atom stereocenters. The molecular weight excluding hydrogens is 316 g/mol. The lowest BCUT2D eigenvalue weighted by atomic mass is 10.1. The maximum absolute atomic E-state index is 13.1. The van der Waals surface area contributed by atoms with Crippen LogP contribution in [-0.4, -0.2) is 45.0 Å². The highest BCUT2D eigenvalue weighted by molar-refractivity contribution is 6.09. The van der Waals surface area contributed by atoms with Crippen LogP contribution in [0.5, 0.6) is 0 Å². The Morgan fingerprint density at radius 1 is 1.16 bits per heavy atom. The third kappa shape index (κ3) is 2.26. The summed E-state index contributed by atoms with van der Waals surface area (Å²) in [7, 11) is 1.79. The molecule has 0 spiro atoms. The Bertz CT molecular complexity index is 977. The first-order valence-electron chi connectivity index (χ1n) is 8.55. The van der Waals surface area contributed by atoms with Crippen LogP contribution in [-0.2, 0) is 7.05 Å². The first-order valence-corrected chi connectivity index (χ1v) is 8.55. The van der Waals surface area contributed by atoms with Crippen LogP contribution in [0.25, 0.3) is 11.2 Å². The standard InChI is InChI=1S/C18H18N6O/c1-22-17-14(20-21-22)10-12(11-19-17)18(25)24-9-8-23(13-6-7-13)15-4-2-3-5-16(15)24/h2-5,10-11,13H,6-9H2,1H3. The molecule has 2 aromatic heterocycles. The number of hydrogen-bond acceptors (Lipinski definition) is 5. The van der Waals surface area contributed by atoms with Gasteiger partial charge in [-0.3, -0.25) is 4.79 Å². The first kappa shape index (κ1) is 14.4. The quantitative estimate of drug-likeness (QED) is 0.717. The van der Waals surface area contributed by atoms with Gasteiger partial charge in [-0.1, -0.05) is 17.3 Å². The van der Waals surface area contributed by atoms with Gasteiger partial charge in [-0.15, -0.1) is 5.10 Å². The number of amides is 1. The fourth-order valence-corrected chi connectivity index (χ4v) is 3.56. The van der Waals surface area contributed by atoms with Crippen LogP contribution in [0.15, 0.2) is 36.5 Å². The normalized spacial score (nSPS) is 17.0. The van der Waals surface area contributed by atoms with Gasteiger partial charge in [-0.2, -0.15) is 0 Å². The minimum atomic E-state index is -0.0389. The van der Waals surface area contributed by atoms with Gasteiger partial charge in [0.1, 0.15) is 5.52 Å². The summed E-state index contributed by atoms with van der Waals surface area (Å²) in [4.78, 5) is 21.8. The predicted molar refractivity (Wildman–Crippen MR) is 94.8 cm³/mol. The van der Waals surface area contributed by atoms with Gasteiger partial charge in [0.15, 0.2) is 5.65 Å². The summed E-state index contributed by atoms with van der Waals surface area (Å²) in [6, 6.07) is 10.6. The summed E-state index contributed by atoms with van der Waals surface area (Å²) in [5.74, 6) is -0.0389. The molecule has 7 heteroatoms. The summed E-state index contributed by atoms with van der Waals surface area (Å²) in [5.41, 5.74) is 3.99. The third-order valence-electron chi connectivity index (χ3n) is 4.97. The summed E-state index contributed by atoms with van der Waals surface area (Å²) >= 11 is 0. The van der Waals surface area contributed by atoms with Crippen LogP contribution < -0.4 is 9.80 Å². The molecule has 7 nitrogen and oxygen atoms in total. The molecule has 0 bridgehead atoms. The molecule has 0 radical (unpaired) electrons. The molecule has 126 valence electrons. The lowest BCUT2D eigenvalue weighted by Crippen LogP contribution is -2.45. The fraction of sp³-hybridized carbons (Fsp3) is 0.333. The largest absolute Gasteiger partial charge is 0.365 e. The highest BCUT2D eigenvalue weighted by atomic mass is 16.2. The molecule has 0 N–H and O–H groups in total. The molecule has 5 rings (SSSR count). The zero-order chi connectivity index (χ0) is 17.0. The van der Waals surface area contributed by atoms with Crippen molar-refractivity contribution in [2.45, 2.75) is 18.9 Å².